The normalized spacial score (nSPS) is 8.14. The molecule has 0 atom stereocenters. The van der Waals surface area contributed by atoms with Crippen molar-refractivity contribution < 1.29 is 9.90 Å². The summed E-state index contributed by atoms with van der Waals surface area (Å²) in [5.41, 5.74) is 0. The lowest BCUT2D eigenvalue weighted by Crippen LogP contribution is -1.83. The number of carboxylic acids is 1. The molecule has 0 aromatic heterocycles. The maximum Gasteiger partial charge on any atom is 0.327 e. The molecule has 0 amide bonds. The highest BCUT2D eigenvalue weighted by Gasteiger charge is 1.76. The van der Waals surface area contributed by atoms with Crippen molar-refractivity contribution >= 4 is 18.4 Å². The Morgan fingerprint density at radius 1 is 1.71 bits per heavy atom. The van der Waals surface area contributed by atoms with Gasteiger partial charge in [0.25, 0.3) is 0 Å². The second-order valence-corrected chi connectivity index (χ2v) is 0.838. The standard InChI is InChI=1S/C4H6O2.ClH/c1-2-3-4(5)6;/h2-3H,1H3,(H,5,6);1H. The van der Waals surface area contributed by atoms with E-state index in [0.717, 1.165) is 6.08 Å². The van der Waals surface area contributed by atoms with Gasteiger partial charge in [-0.2, -0.15) is 0 Å². The van der Waals surface area contributed by atoms with Gasteiger partial charge in [0.15, 0.2) is 0 Å². The van der Waals surface area contributed by atoms with Crippen LogP contribution in [0, 0.1) is 0 Å². The highest BCUT2D eigenvalue weighted by Crippen LogP contribution is 1.65. The Morgan fingerprint density at radius 2 is 2.14 bits per heavy atom. The fourth-order valence-electron chi connectivity index (χ4n) is 0.143. The van der Waals surface area contributed by atoms with Gasteiger partial charge in [0.2, 0.25) is 0 Å². The van der Waals surface area contributed by atoms with E-state index in [-0.39, 0.29) is 12.4 Å². The summed E-state index contributed by atoms with van der Waals surface area (Å²) < 4.78 is 0. The second kappa shape index (κ2) is 5.50. The Kier molecular flexibility index (Phi) is 7.63. The van der Waals surface area contributed by atoms with E-state index >= 15 is 0 Å². The van der Waals surface area contributed by atoms with Gasteiger partial charge in [-0.1, -0.05) is 6.08 Å². The fourth-order valence-corrected chi connectivity index (χ4v) is 0.143. The first-order valence-corrected chi connectivity index (χ1v) is 1.63. The second-order valence-electron chi connectivity index (χ2n) is 0.838. The SMILES string of the molecule is CC=CC(=O)O.Cl. The van der Waals surface area contributed by atoms with E-state index in [9.17, 15) is 4.79 Å². The zero-order chi connectivity index (χ0) is 4.99. The van der Waals surface area contributed by atoms with Gasteiger partial charge in [0.05, 0.1) is 0 Å². The molecule has 0 fully saturated rings. The van der Waals surface area contributed by atoms with Gasteiger partial charge in [0.1, 0.15) is 0 Å². The lowest BCUT2D eigenvalue weighted by atomic mass is 10.5. The summed E-state index contributed by atoms with van der Waals surface area (Å²) in [7, 11) is 0. The van der Waals surface area contributed by atoms with Crippen LogP contribution in [0.5, 0.6) is 0 Å². The number of halogens is 1. The number of carbonyl (C=O) groups is 1. The molecule has 0 unspecified atom stereocenters. The topological polar surface area (TPSA) is 37.3 Å². The minimum atomic E-state index is -0.891. The Balaban J connectivity index is 0. The van der Waals surface area contributed by atoms with E-state index in [1.807, 2.05) is 0 Å². The van der Waals surface area contributed by atoms with Crippen molar-refractivity contribution in [1.29, 1.82) is 0 Å². The number of allylic oxidation sites excluding steroid dienone is 1. The van der Waals surface area contributed by atoms with Crippen LogP contribution >= 0.6 is 12.4 Å². The minimum absolute atomic E-state index is 0. The molecule has 0 spiro atoms. The first-order chi connectivity index (χ1) is 2.77. The van der Waals surface area contributed by atoms with Gasteiger partial charge in [-0.3, -0.25) is 0 Å². The molecule has 3 heteroatoms. The summed E-state index contributed by atoms with van der Waals surface area (Å²) in [5.74, 6) is -0.891. The third-order valence-corrected chi connectivity index (χ3v) is 0.309. The van der Waals surface area contributed by atoms with Crippen LogP contribution in [0.2, 0.25) is 0 Å². The molecule has 0 aliphatic heterocycles. The van der Waals surface area contributed by atoms with Crippen LogP contribution in [0.3, 0.4) is 0 Å². The molecular weight excluding hydrogens is 115 g/mol. The molecule has 42 valence electrons. The van der Waals surface area contributed by atoms with Crippen LogP contribution in [0.25, 0.3) is 0 Å². The summed E-state index contributed by atoms with van der Waals surface area (Å²) in [5, 5.41) is 7.83. The van der Waals surface area contributed by atoms with E-state index in [4.69, 9.17) is 5.11 Å². The Hall–Kier alpha value is -0.500. The number of hydrogen-bond acceptors (Lipinski definition) is 1. The van der Waals surface area contributed by atoms with E-state index in [1.165, 1.54) is 6.08 Å². The average Bonchev–Trinajstić information content (AvgIpc) is 1.35. The smallest absolute Gasteiger partial charge is 0.327 e. The Bertz CT molecular complexity index is 77.8. The van der Waals surface area contributed by atoms with Crippen molar-refractivity contribution in [2.75, 3.05) is 0 Å². The van der Waals surface area contributed by atoms with E-state index in [1.54, 1.807) is 6.92 Å². The monoisotopic (exact) mass is 122 g/mol. The largest absolute Gasteiger partial charge is 0.478 e. The Labute approximate surface area is 48.3 Å². The third kappa shape index (κ3) is 10.8. The Morgan fingerprint density at radius 3 is 2.14 bits per heavy atom. The molecule has 0 aromatic rings. The summed E-state index contributed by atoms with van der Waals surface area (Å²) >= 11 is 0. The van der Waals surface area contributed by atoms with Crippen molar-refractivity contribution in [2.24, 2.45) is 0 Å². The van der Waals surface area contributed by atoms with E-state index in [2.05, 4.69) is 0 Å². The van der Waals surface area contributed by atoms with Crippen molar-refractivity contribution in [2.45, 2.75) is 6.92 Å². The summed E-state index contributed by atoms with van der Waals surface area (Å²) in [4.78, 5) is 9.51. The van der Waals surface area contributed by atoms with Crippen molar-refractivity contribution in [3.8, 4) is 0 Å². The lowest BCUT2D eigenvalue weighted by Gasteiger charge is -1.68. The number of hydrogen-bond donors (Lipinski definition) is 1. The average molecular weight is 123 g/mol. The molecule has 0 aromatic carbocycles. The fraction of sp³-hybridized carbons (Fsp3) is 0.250. The van der Waals surface area contributed by atoms with Crippen molar-refractivity contribution in [3.05, 3.63) is 12.2 Å². The van der Waals surface area contributed by atoms with Gasteiger partial charge in [0, 0.05) is 6.08 Å². The van der Waals surface area contributed by atoms with Gasteiger partial charge in [-0.15, -0.1) is 12.4 Å². The first kappa shape index (κ1) is 9.71. The van der Waals surface area contributed by atoms with Crippen molar-refractivity contribution in [1.82, 2.24) is 0 Å². The molecule has 1 N–H and O–H groups in total. The quantitative estimate of drug-likeness (QED) is 0.529. The van der Waals surface area contributed by atoms with Gasteiger partial charge in [-0.05, 0) is 6.92 Å². The highest BCUT2D eigenvalue weighted by molar-refractivity contribution is 5.85. The molecule has 0 heterocycles. The molecule has 0 aliphatic carbocycles. The van der Waals surface area contributed by atoms with E-state index in [0.29, 0.717) is 0 Å². The van der Waals surface area contributed by atoms with Crippen LogP contribution in [0.15, 0.2) is 12.2 Å². The van der Waals surface area contributed by atoms with Gasteiger partial charge in [-0.25, -0.2) is 4.79 Å². The number of rotatable bonds is 1. The molecule has 0 bridgehead atoms. The summed E-state index contributed by atoms with van der Waals surface area (Å²) in [6.07, 6.45) is 2.56. The van der Waals surface area contributed by atoms with Crippen LogP contribution in [0.1, 0.15) is 6.92 Å². The zero-order valence-corrected chi connectivity index (χ0v) is 4.73. The maximum atomic E-state index is 9.51. The van der Waals surface area contributed by atoms with E-state index < -0.39 is 5.97 Å². The molecular formula is C4H7ClO2. The molecule has 7 heavy (non-hydrogen) atoms. The number of carboxylic acid groups (broad SMARTS) is 1. The van der Waals surface area contributed by atoms with Crippen LogP contribution in [-0.2, 0) is 4.79 Å². The maximum absolute atomic E-state index is 9.51. The van der Waals surface area contributed by atoms with Crippen LogP contribution in [-0.4, -0.2) is 11.1 Å². The molecule has 0 saturated carbocycles. The predicted octanol–water partition coefficient (Wildman–Crippen LogP) is 1.07. The molecule has 0 rings (SSSR count). The zero-order valence-electron chi connectivity index (χ0n) is 3.92. The summed E-state index contributed by atoms with van der Waals surface area (Å²) in [6.45, 7) is 1.66. The highest BCUT2D eigenvalue weighted by atomic mass is 35.5. The van der Waals surface area contributed by atoms with Crippen molar-refractivity contribution in [3.63, 3.8) is 0 Å². The van der Waals surface area contributed by atoms with Gasteiger partial charge < -0.3 is 5.11 Å². The number of aliphatic carboxylic acids is 1. The lowest BCUT2D eigenvalue weighted by molar-refractivity contribution is -0.131. The predicted molar refractivity (Wildman–Crippen MR) is 29.7 cm³/mol. The molecule has 0 aliphatic rings. The first-order valence-electron chi connectivity index (χ1n) is 1.63. The third-order valence-electron chi connectivity index (χ3n) is 0.309. The molecule has 2 nitrogen and oxygen atoms in total. The summed E-state index contributed by atoms with van der Waals surface area (Å²) in [6, 6.07) is 0. The van der Waals surface area contributed by atoms with Crippen LogP contribution in [0.4, 0.5) is 0 Å². The van der Waals surface area contributed by atoms with Crippen LogP contribution < -0.4 is 0 Å². The van der Waals surface area contributed by atoms with Gasteiger partial charge >= 0.3 is 5.97 Å². The molecule has 0 radical (unpaired) electrons. The molecule has 0 saturated heterocycles. The minimum Gasteiger partial charge on any atom is -0.478 e.